The first-order valence-electron chi connectivity index (χ1n) is 7.78. The highest BCUT2D eigenvalue weighted by molar-refractivity contribution is 5.46. The monoisotopic (exact) mass is 355 g/mol. The van der Waals surface area contributed by atoms with Crippen LogP contribution in [0.4, 0.5) is 29.1 Å². The van der Waals surface area contributed by atoms with Crippen LogP contribution in [0.1, 0.15) is 5.56 Å². The Morgan fingerprint density at radius 3 is 2.20 bits per heavy atom. The standard InChI is InChI=1S/C16H17F4N5/c1-24-4-6-25(7-5-24)11-3-2-10(8-21-11)9-22-14-12(17)15(19)23-16(20)13(14)18/h2-3,8H,4-7,9H2,1H3,(H,22,23). The molecule has 1 aliphatic heterocycles. The molecule has 0 aliphatic carbocycles. The lowest BCUT2D eigenvalue weighted by atomic mass is 10.2. The van der Waals surface area contributed by atoms with Crippen molar-refractivity contribution in [3.8, 4) is 0 Å². The Bertz CT molecular complexity index is 719. The van der Waals surface area contributed by atoms with E-state index in [0.717, 1.165) is 32.0 Å². The normalized spacial score (nSPS) is 15.5. The highest BCUT2D eigenvalue weighted by atomic mass is 19.2. The molecule has 3 rings (SSSR count). The van der Waals surface area contributed by atoms with E-state index in [0.29, 0.717) is 5.56 Å². The number of aromatic nitrogens is 2. The third-order valence-electron chi connectivity index (χ3n) is 4.10. The van der Waals surface area contributed by atoms with Crippen molar-refractivity contribution in [3.05, 3.63) is 47.4 Å². The molecule has 0 amide bonds. The first-order chi connectivity index (χ1) is 12.0. The van der Waals surface area contributed by atoms with Gasteiger partial charge in [-0.3, -0.25) is 0 Å². The summed E-state index contributed by atoms with van der Waals surface area (Å²) >= 11 is 0. The molecule has 3 heterocycles. The van der Waals surface area contributed by atoms with Crippen LogP contribution in [0.25, 0.3) is 0 Å². The topological polar surface area (TPSA) is 44.3 Å². The van der Waals surface area contributed by atoms with Crippen molar-refractivity contribution in [3.63, 3.8) is 0 Å². The van der Waals surface area contributed by atoms with Crippen LogP contribution in [0.5, 0.6) is 0 Å². The van der Waals surface area contributed by atoms with E-state index in [-0.39, 0.29) is 6.54 Å². The third-order valence-corrected chi connectivity index (χ3v) is 4.10. The van der Waals surface area contributed by atoms with Crippen LogP contribution < -0.4 is 10.2 Å². The molecule has 0 saturated carbocycles. The van der Waals surface area contributed by atoms with Gasteiger partial charge in [0.15, 0.2) is 0 Å². The number of anilines is 2. The largest absolute Gasteiger partial charge is 0.376 e. The van der Waals surface area contributed by atoms with Gasteiger partial charge in [0.05, 0.1) is 0 Å². The number of piperazine rings is 1. The molecule has 0 unspecified atom stereocenters. The highest BCUT2D eigenvalue weighted by Gasteiger charge is 2.20. The van der Waals surface area contributed by atoms with Crippen molar-refractivity contribution in [2.24, 2.45) is 0 Å². The third kappa shape index (κ3) is 3.81. The summed E-state index contributed by atoms with van der Waals surface area (Å²) < 4.78 is 53.3. The lowest BCUT2D eigenvalue weighted by molar-refractivity contribution is 0.312. The van der Waals surface area contributed by atoms with Crippen LogP contribution in [-0.4, -0.2) is 48.1 Å². The lowest BCUT2D eigenvalue weighted by Crippen LogP contribution is -2.44. The molecule has 2 aromatic heterocycles. The predicted octanol–water partition coefficient (Wildman–Crippen LogP) is 2.40. The molecule has 5 nitrogen and oxygen atoms in total. The fraction of sp³-hybridized carbons (Fsp3) is 0.375. The number of likely N-dealkylation sites (N-methyl/N-ethyl adjacent to an activating group) is 1. The van der Waals surface area contributed by atoms with Crippen LogP contribution in [0, 0.1) is 23.5 Å². The summed E-state index contributed by atoms with van der Waals surface area (Å²) in [5.74, 6) is -5.67. The van der Waals surface area contributed by atoms with E-state index in [9.17, 15) is 17.6 Å². The van der Waals surface area contributed by atoms with Crippen molar-refractivity contribution < 1.29 is 17.6 Å². The minimum atomic E-state index is -1.69. The van der Waals surface area contributed by atoms with E-state index in [4.69, 9.17) is 0 Å². The van der Waals surface area contributed by atoms with E-state index in [1.54, 1.807) is 12.3 Å². The van der Waals surface area contributed by atoms with Crippen LogP contribution in [0.15, 0.2) is 18.3 Å². The van der Waals surface area contributed by atoms with Crippen LogP contribution >= 0.6 is 0 Å². The van der Waals surface area contributed by atoms with Gasteiger partial charge < -0.3 is 15.1 Å². The summed E-state index contributed by atoms with van der Waals surface area (Å²) in [6.45, 7) is 3.60. The minimum Gasteiger partial charge on any atom is -0.376 e. The van der Waals surface area contributed by atoms with Crippen molar-refractivity contribution in [2.75, 3.05) is 43.4 Å². The highest BCUT2D eigenvalue weighted by Crippen LogP contribution is 2.23. The van der Waals surface area contributed by atoms with E-state index in [2.05, 4.69) is 32.1 Å². The average Bonchev–Trinajstić information content (AvgIpc) is 2.61. The molecular formula is C16H17F4N5. The maximum absolute atomic E-state index is 13.6. The van der Waals surface area contributed by atoms with Gasteiger partial charge in [-0.05, 0) is 18.7 Å². The molecule has 2 aromatic rings. The molecule has 1 aliphatic rings. The van der Waals surface area contributed by atoms with Crippen molar-refractivity contribution in [1.29, 1.82) is 0 Å². The number of halogens is 4. The van der Waals surface area contributed by atoms with Crippen molar-refractivity contribution in [2.45, 2.75) is 6.54 Å². The van der Waals surface area contributed by atoms with Gasteiger partial charge in [0, 0.05) is 38.9 Å². The zero-order chi connectivity index (χ0) is 18.0. The molecule has 1 fully saturated rings. The minimum absolute atomic E-state index is 0.0350. The lowest BCUT2D eigenvalue weighted by Gasteiger charge is -2.33. The van der Waals surface area contributed by atoms with Gasteiger partial charge >= 0.3 is 0 Å². The molecule has 134 valence electrons. The van der Waals surface area contributed by atoms with Gasteiger partial charge in [-0.25, -0.2) is 4.98 Å². The van der Waals surface area contributed by atoms with E-state index in [1.807, 2.05) is 6.07 Å². The number of pyridine rings is 2. The fourth-order valence-corrected chi connectivity index (χ4v) is 2.58. The van der Waals surface area contributed by atoms with Crippen molar-refractivity contribution in [1.82, 2.24) is 14.9 Å². The first kappa shape index (κ1) is 17.4. The Hall–Kier alpha value is -2.42. The second kappa shape index (κ2) is 7.22. The fourth-order valence-electron chi connectivity index (χ4n) is 2.58. The zero-order valence-electron chi connectivity index (χ0n) is 13.6. The van der Waals surface area contributed by atoms with E-state index >= 15 is 0 Å². The Morgan fingerprint density at radius 1 is 1.00 bits per heavy atom. The molecule has 0 spiro atoms. The van der Waals surface area contributed by atoms with Gasteiger partial charge in [0.1, 0.15) is 11.5 Å². The molecular weight excluding hydrogens is 338 g/mol. The number of hydrogen-bond acceptors (Lipinski definition) is 5. The second-order valence-electron chi connectivity index (χ2n) is 5.86. The summed E-state index contributed by atoms with van der Waals surface area (Å²) in [4.78, 5) is 11.2. The number of hydrogen-bond donors (Lipinski definition) is 1. The van der Waals surface area contributed by atoms with Crippen LogP contribution in [0.2, 0.25) is 0 Å². The maximum Gasteiger partial charge on any atom is 0.253 e. The number of rotatable bonds is 4. The summed E-state index contributed by atoms with van der Waals surface area (Å²) in [6, 6.07) is 3.56. The predicted molar refractivity (Wildman–Crippen MR) is 85.3 cm³/mol. The van der Waals surface area contributed by atoms with E-state index in [1.165, 1.54) is 0 Å². The Kier molecular flexibility index (Phi) is 5.03. The number of nitrogens with one attached hydrogen (secondary N) is 1. The molecule has 25 heavy (non-hydrogen) atoms. The van der Waals surface area contributed by atoms with Crippen LogP contribution in [0.3, 0.4) is 0 Å². The molecule has 0 bridgehead atoms. The Labute approximate surface area is 142 Å². The average molecular weight is 355 g/mol. The zero-order valence-corrected chi connectivity index (χ0v) is 13.6. The van der Waals surface area contributed by atoms with Gasteiger partial charge in [-0.1, -0.05) is 6.07 Å². The van der Waals surface area contributed by atoms with E-state index < -0.39 is 29.2 Å². The van der Waals surface area contributed by atoms with Gasteiger partial charge in [-0.15, -0.1) is 0 Å². The molecule has 1 N–H and O–H groups in total. The molecule has 1 saturated heterocycles. The Morgan fingerprint density at radius 2 is 1.64 bits per heavy atom. The summed E-state index contributed by atoms with van der Waals surface area (Å²) in [6.07, 6.45) is 1.56. The van der Waals surface area contributed by atoms with Crippen molar-refractivity contribution >= 4 is 11.5 Å². The van der Waals surface area contributed by atoms with Crippen LogP contribution in [-0.2, 0) is 6.54 Å². The summed E-state index contributed by atoms with van der Waals surface area (Å²) in [5, 5.41) is 2.35. The molecule has 0 radical (unpaired) electrons. The SMILES string of the molecule is CN1CCN(c2ccc(CNc3c(F)c(F)nc(F)c3F)cn2)CC1. The summed E-state index contributed by atoms with van der Waals surface area (Å²) in [5.41, 5.74) is -0.262. The first-order valence-corrected chi connectivity index (χ1v) is 7.78. The maximum atomic E-state index is 13.6. The van der Waals surface area contributed by atoms with Gasteiger partial charge in [-0.2, -0.15) is 22.5 Å². The quantitative estimate of drug-likeness (QED) is 0.674. The smallest absolute Gasteiger partial charge is 0.253 e. The molecule has 0 aromatic carbocycles. The second-order valence-corrected chi connectivity index (χ2v) is 5.86. The van der Waals surface area contributed by atoms with Gasteiger partial charge in [0.2, 0.25) is 11.6 Å². The Balaban J connectivity index is 1.67. The summed E-state index contributed by atoms with van der Waals surface area (Å²) in [7, 11) is 2.06. The van der Waals surface area contributed by atoms with Gasteiger partial charge in [0.25, 0.3) is 11.9 Å². The molecule has 0 atom stereocenters. The number of nitrogens with zero attached hydrogens (tertiary/aromatic N) is 4. The molecule has 9 heteroatoms.